The number of carbonyl (C=O) groups is 5. The van der Waals surface area contributed by atoms with E-state index in [1.807, 2.05) is 0 Å². The summed E-state index contributed by atoms with van der Waals surface area (Å²) in [7, 11) is 0. The molecule has 14 heteroatoms. The number of nitrogens with one attached hydrogen (secondary N) is 3. The first kappa shape index (κ1) is 28.7. The van der Waals surface area contributed by atoms with Gasteiger partial charge in [-0.1, -0.05) is 12.1 Å². The predicted molar refractivity (Wildman–Crippen MR) is 121 cm³/mol. The van der Waals surface area contributed by atoms with Gasteiger partial charge in [0.05, 0.1) is 12.6 Å². The van der Waals surface area contributed by atoms with Crippen LogP contribution in [0.2, 0.25) is 0 Å². The third-order valence-corrected chi connectivity index (χ3v) is 4.99. The number of carbonyl (C=O) groups excluding carboxylic acids is 3. The third-order valence-electron chi connectivity index (χ3n) is 4.63. The number of aliphatic hydroxyl groups excluding tert-OH is 1. The van der Waals surface area contributed by atoms with Gasteiger partial charge in [-0.3, -0.25) is 19.2 Å². The molecule has 4 unspecified atom stereocenters. The lowest BCUT2D eigenvalue weighted by Gasteiger charge is -2.23. The van der Waals surface area contributed by atoms with Gasteiger partial charge in [-0.2, -0.15) is 12.6 Å². The molecule has 188 valence electrons. The maximum Gasteiger partial charge on any atom is 0.326 e. The molecule has 0 saturated heterocycles. The Balaban J connectivity index is 2.75. The molecule has 0 aliphatic carbocycles. The number of carboxylic acid groups (broad SMARTS) is 2. The van der Waals surface area contributed by atoms with Gasteiger partial charge in [0.25, 0.3) is 0 Å². The normalized spacial score (nSPS) is 14.2. The Hall–Kier alpha value is -3.36. The number of benzene rings is 1. The van der Waals surface area contributed by atoms with Crippen LogP contribution >= 0.6 is 12.6 Å². The van der Waals surface area contributed by atoms with E-state index >= 15 is 0 Å². The molecule has 0 heterocycles. The molecule has 34 heavy (non-hydrogen) atoms. The number of aromatic hydroxyl groups is 1. The van der Waals surface area contributed by atoms with E-state index < -0.39 is 60.4 Å². The number of aliphatic carboxylic acids is 2. The van der Waals surface area contributed by atoms with Crippen molar-refractivity contribution in [2.75, 3.05) is 12.4 Å². The highest BCUT2D eigenvalue weighted by molar-refractivity contribution is 7.80. The molecule has 0 aromatic heterocycles. The standard InChI is InChI=1S/C20H28N4O9S/c21-12(5-6-16(27)28)17(29)23-14(8-25)18(30)24-15(9-34)19(31)22-13(20(32)33)7-10-1-3-11(26)4-2-10/h1-4,12-15,25-26,34H,5-9,21H2,(H,22,31)(H,23,29)(H,24,30)(H,27,28)(H,32,33). The van der Waals surface area contributed by atoms with E-state index in [0.717, 1.165) is 0 Å². The fourth-order valence-corrected chi connectivity index (χ4v) is 2.95. The quantitative estimate of drug-likeness (QED) is 0.123. The van der Waals surface area contributed by atoms with E-state index in [1.165, 1.54) is 24.3 Å². The smallest absolute Gasteiger partial charge is 0.326 e. The lowest BCUT2D eigenvalue weighted by atomic mass is 10.1. The minimum absolute atomic E-state index is 0.00844. The van der Waals surface area contributed by atoms with Crippen LogP contribution in [0.5, 0.6) is 5.75 Å². The molecule has 1 aromatic rings. The number of hydrogen-bond donors (Lipinski definition) is 9. The van der Waals surface area contributed by atoms with Crippen LogP contribution in [-0.4, -0.2) is 86.6 Å². The summed E-state index contributed by atoms with van der Waals surface area (Å²) in [6.45, 7) is -0.845. The Kier molecular flexibility index (Phi) is 11.8. The molecule has 3 amide bonds. The zero-order valence-corrected chi connectivity index (χ0v) is 18.9. The first-order valence-electron chi connectivity index (χ1n) is 10.1. The number of hydrogen-bond acceptors (Lipinski definition) is 9. The van der Waals surface area contributed by atoms with Gasteiger partial charge < -0.3 is 42.1 Å². The van der Waals surface area contributed by atoms with Crippen molar-refractivity contribution in [3.05, 3.63) is 29.8 Å². The molecule has 13 nitrogen and oxygen atoms in total. The average Bonchev–Trinajstić information content (AvgIpc) is 2.79. The summed E-state index contributed by atoms with van der Waals surface area (Å²) < 4.78 is 0. The molecular formula is C20H28N4O9S. The molecule has 0 aliphatic rings. The van der Waals surface area contributed by atoms with Crippen molar-refractivity contribution in [3.8, 4) is 5.75 Å². The topological polar surface area (TPSA) is 228 Å². The van der Waals surface area contributed by atoms with Crippen LogP contribution in [0.15, 0.2) is 24.3 Å². The van der Waals surface area contributed by atoms with Crippen LogP contribution in [0.1, 0.15) is 18.4 Å². The summed E-state index contributed by atoms with van der Waals surface area (Å²) in [5.74, 6) is -5.42. The van der Waals surface area contributed by atoms with Crippen LogP contribution < -0.4 is 21.7 Å². The summed E-state index contributed by atoms with van der Waals surface area (Å²) in [6, 6.07) is 0.327. The zero-order chi connectivity index (χ0) is 25.8. The predicted octanol–water partition coefficient (Wildman–Crippen LogP) is -2.41. The second kappa shape index (κ2) is 14.0. The van der Waals surface area contributed by atoms with Crippen LogP contribution in [0.25, 0.3) is 0 Å². The van der Waals surface area contributed by atoms with Crippen molar-refractivity contribution in [1.29, 1.82) is 0 Å². The Bertz CT molecular complexity index is 881. The molecule has 1 rings (SSSR count). The van der Waals surface area contributed by atoms with Gasteiger partial charge in [0.1, 0.15) is 23.9 Å². The summed E-state index contributed by atoms with van der Waals surface area (Å²) >= 11 is 3.99. The Morgan fingerprint density at radius 3 is 1.91 bits per heavy atom. The summed E-state index contributed by atoms with van der Waals surface area (Å²) in [5, 5.41) is 43.6. The number of carboxylic acids is 2. The van der Waals surface area contributed by atoms with Crippen molar-refractivity contribution >= 4 is 42.3 Å². The van der Waals surface area contributed by atoms with Crippen molar-refractivity contribution < 1.29 is 44.4 Å². The molecule has 1 aromatic carbocycles. The van der Waals surface area contributed by atoms with Crippen molar-refractivity contribution in [3.63, 3.8) is 0 Å². The number of thiol groups is 1. The largest absolute Gasteiger partial charge is 0.508 e. The van der Waals surface area contributed by atoms with Crippen LogP contribution in [-0.2, 0) is 30.4 Å². The summed E-state index contributed by atoms with van der Waals surface area (Å²) in [4.78, 5) is 59.2. The Labute approximate surface area is 200 Å². The molecule has 0 bridgehead atoms. The van der Waals surface area contributed by atoms with Crippen molar-refractivity contribution in [2.24, 2.45) is 5.73 Å². The maximum atomic E-state index is 12.6. The Morgan fingerprint density at radius 1 is 0.882 bits per heavy atom. The first-order valence-corrected chi connectivity index (χ1v) is 10.7. The van der Waals surface area contributed by atoms with Gasteiger partial charge in [-0.15, -0.1) is 0 Å². The molecule has 0 aliphatic heterocycles. The minimum atomic E-state index is -1.49. The molecule has 0 saturated carbocycles. The van der Waals surface area contributed by atoms with Crippen molar-refractivity contribution in [1.82, 2.24) is 16.0 Å². The number of amides is 3. The monoisotopic (exact) mass is 500 g/mol. The van der Waals surface area contributed by atoms with Gasteiger partial charge in [0.2, 0.25) is 17.7 Å². The van der Waals surface area contributed by atoms with E-state index in [9.17, 15) is 39.3 Å². The first-order chi connectivity index (χ1) is 16.0. The van der Waals surface area contributed by atoms with E-state index in [1.54, 1.807) is 0 Å². The molecule has 0 spiro atoms. The van der Waals surface area contributed by atoms with Crippen LogP contribution in [0.4, 0.5) is 0 Å². The van der Waals surface area contributed by atoms with E-state index in [2.05, 4.69) is 28.6 Å². The number of phenols is 1. The van der Waals surface area contributed by atoms with E-state index in [0.29, 0.717) is 5.56 Å². The third kappa shape index (κ3) is 9.64. The lowest BCUT2D eigenvalue weighted by Crippen LogP contribution is -2.58. The van der Waals surface area contributed by atoms with Crippen molar-refractivity contribution in [2.45, 2.75) is 43.4 Å². The average molecular weight is 501 g/mol. The lowest BCUT2D eigenvalue weighted by molar-refractivity contribution is -0.142. The zero-order valence-electron chi connectivity index (χ0n) is 18.0. The van der Waals surface area contributed by atoms with E-state index in [-0.39, 0.29) is 30.8 Å². The summed E-state index contributed by atoms with van der Waals surface area (Å²) in [5.41, 5.74) is 6.09. The fourth-order valence-electron chi connectivity index (χ4n) is 2.69. The van der Waals surface area contributed by atoms with Crippen LogP contribution in [0.3, 0.4) is 0 Å². The molecule has 9 N–H and O–H groups in total. The highest BCUT2D eigenvalue weighted by atomic mass is 32.1. The van der Waals surface area contributed by atoms with Gasteiger partial charge in [-0.25, -0.2) is 4.79 Å². The number of nitrogens with two attached hydrogens (primary N) is 1. The van der Waals surface area contributed by atoms with Gasteiger partial charge in [0, 0.05) is 18.6 Å². The van der Waals surface area contributed by atoms with E-state index in [4.69, 9.17) is 10.8 Å². The highest BCUT2D eigenvalue weighted by Gasteiger charge is 2.29. The molecule has 0 radical (unpaired) electrons. The molecule has 4 atom stereocenters. The molecular weight excluding hydrogens is 472 g/mol. The number of phenolic OH excluding ortho intramolecular Hbond substituents is 1. The Morgan fingerprint density at radius 2 is 1.41 bits per heavy atom. The van der Waals surface area contributed by atoms with Crippen LogP contribution in [0, 0.1) is 0 Å². The minimum Gasteiger partial charge on any atom is -0.508 e. The maximum absolute atomic E-state index is 12.6. The number of aliphatic hydroxyl groups is 1. The SMILES string of the molecule is NC(CCC(=O)O)C(=O)NC(CO)C(=O)NC(CS)C(=O)NC(Cc1ccc(O)cc1)C(=O)O. The number of rotatable bonds is 14. The van der Waals surface area contributed by atoms with Gasteiger partial charge >= 0.3 is 11.9 Å². The fraction of sp³-hybridized carbons (Fsp3) is 0.450. The van der Waals surface area contributed by atoms with Gasteiger partial charge in [0.15, 0.2) is 0 Å². The molecule has 0 fully saturated rings. The van der Waals surface area contributed by atoms with Gasteiger partial charge in [-0.05, 0) is 24.1 Å². The summed E-state index contributed by atoms with van der Waals surface area (Å²) in [6.07, 6.45) is -0.667. The highest BCUT2D eigenvalue weighted by Crippen LogP contribution is 2.11. The second-order valence-electron chi connectivity index (χ2n) is 7.30. The second-order valence-corrected chi connectivity index (χ2v) is 7.66.